The Balaban J connectivity index is 1.51. The lowest BCUT2D eigenvalue weighted by Crippen LogP contribution is -2.48. The van der Waals surface area contributed by atoms with Gasteiger partial charge in [0.1, 0.15) is 5.65 Å². The molecule has 0 atom stereocenters. The normalized spacial score (nSPS) is 16.3. The van der Waals surface area contributed by atoms with Crippen molar-refractivity contribution in [3.8, 4) is 11.1 Å². The first-order valence-electron chi connectivity index (χ1n) is 8.38. The number of aryl methyl sites for hydroxylation is 1. The molecule has 1 aliphatic heterocycles. The van der Waals surface area contributed by atoms with Crippen LogP contribution in [0.2, 0.25) is 0 Å². The van der Waals surface area contributed by atoms with Crippen molar-refractivity contribution in [2.75, 3.05) is 37.3 Å². The largest absolute Gasteiger partial charge is 0.338 e. The molecule has 4 rings (SSSR count). The van der Waals surface area contributed by atoms with E-state index in [0.717, 1.165) is 22.5 Å². The number of nitrogens with zero attached hydrogens (tertiary/aromatic N) is 6. The van der Waals surface area contributed by atoms with Crippen molar-refractivity contribution in [1.82, 2.24) is 23.7 Å². The molecule has 136 valence electrons. The molecule has 0 N–H and O–H groups in total. The van der Waals surface area contributed by atoms with E-state index in [-0.39, 0.29) is 0 Å². The highest BCUT2D eigenvalue weighted by Crippen LogP contribution is 2.21. The zero-order chi connectivity index (χ0) is 18.3. The second-order valence-corrected chi connectivity index (χ2v) is 8.47. The fraction of sp³-hybridized carbons (Fsp3) is 0.353. The molecule has 3 aromatic rings. The van der Waals surface area contributed by atoms with Crippen LogP contribution in [0.25, 0.3) is 16.8 Å². The summed E-state index contributed by atoms with van der Waals surface area (Å²) in [7, 11) is -3.13. The summed E-state index contributed by atoms with van der Waals surface area (Å²) in [4.78, 5) is 15.4. The van der Waals surface area contributed by atoms with E-state index < -0.39 is 10.0 Å². The van der Waals surface area contributed by atoms with Crippen LogP contribution >= 0.6 is 0 Å². The fourth-order valence-electron chi connectivity index (χ4n) is 3.14. The minimum atomic E-state index is -3.13. The SMILES string of the molecule is Cc1cn2cc(-c3cnc(N4CCN(S(C)(=O)=O)CC4)nc3)ccc2n1. The van der Waals surface area contributed by atoms with Gasteiger partial charge in [-0.3, -0.25) is 0 Å². The minimum absolute atomic E-state index is 0.459. The van der Waals surface area contributed by atoms with E-state index >= 15 is 0 Å². The molecule has 1 fully saturated rings. The molecule has 0 bridgehead atoms. The Morgan fingerprint density at radius 3 is 2.31 bits per heavy atom. The number of anilines is 1. The highest BCUT2D eigenvalue weighted by atomic mass is 32.2. The monoisotopic (exact) mass is 372 g/mol. The molecule has 1 saturated heterocycles. The van der Waals surface area contributed by atoms with E-state index in [4.69, 9.17) is 0 Å². The smallest absolute Gasteiger partial charge is 0.225 e. The molecule has 26 heavy (non-hydrogen) atoms. The first kappa shape index (κ1) is 16.9. The number of piperazine rings is 1. The van der Waals surface area contributed by atoms with Crippen LogP contribution in [0.4, 0.5) is 5.95 Å². The average molecular weight is 372 g/mol. The van der Waals surface area contributed by atoms with Gasteiger partial charge in [0.15, 0.2) is 0 Å². The maximum absolute atomic E-state index is 11.6. The number of fused-ring (bicyclic) bond motifs is 1. The van der Waals surface area contributed by atoms with Gasteiger partial charge in [0, 0.05) is 62.1 Å². The van der Waals surface area contributed by atoms with E-state index in [1.165, 1.54) is 10.6 Å². The molecule has 0 radical (unpaired) electrons. The van der Waals surface area contributed by atoms with Crippen LogP contribution in [0, 0.1) is 6.92 Å². The number of rotatable bonds is 3. The second kappa shape index (κ2) is 6.33. The van der Waals surface area contributed by atoms with Crippen LogP contribution < -0.4 is 4.90 Å². The van der Waals surface area contributed by atoms with Gasteiger partial charge in [-0.2, -0.15) is 4.31 Å². The zero-order valence-electron chi connectivity index (χ0n) is 14.7. The Bertz CT molecular complexity index is 1040. The first-order valence-corrected chi connectivity index (χ1v) is 10.2. The standard InChI is InChI=1S/C17H20N6O2S/c1-13-11-22-12-14(3-4-16(22)20-13)15-9-18-17(19-10-15)21-5-7-23(8-6-21)26(2,24)25/h3-4,9-12H,5-8H2,1-2H3. The molecule has 0 saturated carbocycles. The van der Waals surface area contributed by atoms with Crippen LogP contribution in [-0.2, 0) is 10.0 Å². The predicted octanol–water partition coefficient (Wildman–Crippen LogP) is 1.18. The quantitative estimate of drug-likeness (QED) is 0.687. The van der Waals surface area contributed by atoms with Gasteiger partial charge in [-0.15, -0.1) is 0 Å². The number of hydrogen-bond donors (Lipinski definition) is 0. The second-order valence-electron chi connectivity index (χ2n) is 6.49. The van der Waals surface area contributed by atoms with Crippen molar-refractivity contribution >= 4 is 21.6 Å². The number of aromatic nitrogens is 4. The van der Waals surface area contributed by atoms with Crippen LogP contribution in [-0.4, -0.2) is 64.5 Å². The van der Waals surface area contributed by atoms with Crippen LogP contribution in [0.1, 0.15) is 5.69 Å². The summed E-state index contributed by atoms with van der Waals surface area (Å²) < 4.78 is 26.7. The van der Waals surface area contributed by atoms with E-state index in [0.29, 0.717) is 32.1 Å². The summed E-state index contributed by atoms with van der Waals surface area (Å²) in [6.45, 7) is 4.06. The summed E-state index contributed by atoms with van der Waals surface area (Å²) >= 11 is 0. The highest BCUT2D eigenvalue weighted by Gasteiger charge is 2.24. The maximum Gasteiger partial charge on any atom is 0.225 e. The van der Waals surface area contributed by atoms with E-state index in [9.17, 15) is 8.42 Å². The molecule has 0 unspecified atom stereocenters. The highest BCUT2D eigenvalue weighted by molar-refractivity contribution is 7.88. The molecule has 0 aromatic carbocycles. The van der Waals surface area contributed by atoms with Crippen molar-refractivity contribution in [3.63, 3.8) is 0 Å². The number of hydrogen-bond acceptors (Lipinski definition) is 6. The fourth-order valence-corrected chi connectivity index (χ4v) is 3.97. The van der Waals surface area contributed by atoms with E-state index in [2.05, 4.69) is 15.0 Å². The molecular formula is C17H20N6O2S. The molecule has 1 aliphatic rings. The Morgan fingerprint density at radius 2 is 1.65 bits per heavy atom. The molecule has 3 aromatic heterocycles. The van der Waals surface area contributed by atoms with Gasteiger partial charge < -0.3 is 9.30 Å². The average Bonchev–Trinajstić information content (AvgIpc) is 3.00. The molecule has 8 nitrogen and oxygen atoms in total. The molecule has 9 heteroatoms. The third-order valence-corrected chi connectivity index (χ3v) is 5.84. The van der Waals surface area contributed by atoms with E-state index in [1.54, 1.807) is 12.4 Å². The first-order chi connectivity index (χ1) is 12.4. The summed E-state index contributed by atoms with van der Waals surface area (Å²) in [5.74, 6) is 0.626. The van der Waals surface area contributed by atoms with Crippen molar-refractivity contribution in [3.05, 3.63) is 42.6 Å². The van der Waals surface area contributed by atoms with Crippen LogP contribution in [0.3, 0.4) is 0 Å². The molecular weight excluding hydrogens is 352 g/mol. The Hall–Kier alpha value is -2.52. The Labute approximate surface area is 152 Å². The van der Waals surface area contributed by atoms with Crippen molar-refractivity contribution in [2.45, 2.75) is 6.92 Å². The zero-order valence-corrected chi connectivity index (χ0v) is 15.5. The topological polar surface area (TPSA) is 83.7 Å². The lowest BCUT2D eigenvalue weighted by atomic mass is 10.1. The van der Waals surface area contributed by atoms with Gasteiger partial charge in [0.25, 0.3) is 0 Å². The minimum Gasteiger partial charge on any atom is -0.338 e. The van der Waals surface area contributed by atoms with Crippen molar-refractivity contribution < 1.29 is 8.42 Å². The summed E-state index contributed by atoms with van der Waals surface area (Å²) in [5.41, 5.74) is 3.83. The Morgan fingerprint density at radius 1 is 0.962 bits per heavy atom. The number of imidazole rings is 1. The van der Waals surface area contributed by atoms with Crippen molar-refractivity contribution in [2.24, 2.45) is 0 Å². The summed E-state index contributed by atoms with van der Waals surface area (Å²) in [6.07, 6.45) is 8.84. The lowest BCUT2D eigenvalue weighted by Gasteiger charge is -2.33. The third kappa shape index (κ3) is 3.27. The number of pyridine rings is 1. The summed E-state index contributed by atoms with van der Waals surface area (Å²) in [6, 6.07) is 3.98. The predicted molar refractivity (Wildman–Crippen MR) is 99.6 cm³/mol. The van der Waals surface area contributed by atoms with Crippen LogP contribution in [0.15, 0.2) is 36.9 Å². The van der Waals surface area contributed by atoms with Gasteiger partial charge in [-0.25, -0.2) is 23.4 Å². The lowest BCUT2D eigenvalue weighted by molar-refractivity contribution is 0.385. The third-order valence-electron chi connectivity index (χ3n) is 4.53. The van der Waals surface area contributed by atoms with Gasteiger partial charge in [-0.05, 0) is 19.1 Å². The molecule has 4 heterocycles. The molecule has 0 aliphatic carbocycles. The number of sulfonamides is 1. The van der Waals surface area contributed by atoms with Gasteiger partial charge in [0.05, 0.1) is 11.9 Å². The van der Waals surface area contributed by atoms with E-state index in [1.807, 2.05) is 40.8 Å². The maximum atomic E-state index is 11.6. The molecule has 0 amide bonds. The van der Waals surface area contributed by atoms with Crippen molar-refractivity contribution in [1.29, 1.82) is 0 Å². The van der Waals surface area contributed by atoms with Gasteiger partial charge >= 0.3 is 0 Å². The van der Waals surface area contributed by atoms with Crippen LogP contribution in [0.5, 0.6) is 0 Å². The Kier molecular flexibility index (Phi) is 4.12. The van der Waals surface area contributed by atoms with Gasteiger partial charge in [-0.1, -0.05) is 0 Å². The van der Waals surface area contributed by atoms with Gasteiger partial charge in [0.2, 0.25) is 16.0 Å². The summed E-state index contributed by atoms with van der Waals surface area (Å²) in [5, 5.41) is 0. The molecule has 0 spiro atoms.